The molecule has 3 heteroatoms. The summed E-state index contributed by atoms with van der Waals surface area (Å²) in [7, 11) is 1.36. The minimum Gasteiger partial charge on any atom is -0.853 e. The molecule has 0 radical (unpaired) electrons. The van der Waals surface area contributed by atoms with Crippen molar-refractivity contribution >= 4 is 0 Å². The zero-order chi connectivity index (χ0) is 5.70. The third-order valence-electron chi connectivity index (χ3n) is 0.705. The van der Waals surface area contributed by atoms with Crippen molar-refractivity contribution in [3.8, 4) is 0 Å². The van der Waals surface area contributed by atoms with Gasteiger partial charge in [0.15, 0.2) is 0 Å². The van der Waals surface area contributed by atoms with Crippen LogP contribution < -0.4 is 10.2 Å². The van der Waals surface area contributed by atoms with Gasteiger partial charge in [0, 0.05) is 13.2 Å². The third kappa shape index (κ3) is 2.56. The molecule has 0 saturated carbocycles. The van der Waals surface area contributed by atoms with E-state index in [0.717, 1.165) is 0 Å². The Morgan fingerprint density at radius 2 is 1.86 bits per heavy atom. The highest BCUT2D eigenvalue weighted by molar-refractivity contribution is 4.45. The predicted octanol–water partition coefficient (Wildman–Crippen LogP) is -2.28. The van der Waals surface area contributed by atoms with Crippen LogP contribution >= 0.6 is 0 Å². The molecule has 44 valence electrons. The summed E-state index contributed by atoms with van der Waals surface area (Å²) in [6, 6.07) is 0. The summed E-state index contributed by atoms with van der Waals surface area (Å²) in [6.45, 7) is -0.861. The second-order valence-electron chi connectivity index (χ2n) is 1.19. The molecule has 0 aromatic rings. The standard InChI is InChI=1S/C4H8O3/c1-7-4(2-5)3-6/h4H,2-3H2,1H3/q-2. The largest absolute Gasteiger partial charge is 0.853 e. The van der Waals surface area contributed by atoms with E-state index in [4.69, 9.17) is 0 Å². The fourth-order valence-corrected chi connectivity index (χ4v) is 0.184. The fourth-order valence-electron chi connectivity index (χ4n) is 0.184. The Morgan fingerprint density at radius 1 is 1.43 bits per heavy atom. The van der Waals surface area contributed by atoms with E-state index >= 15 is 0 Å². The van der Waals surface area contributed by atoms with Gasteiger partial charge in [-0.2, -0.15) is 0 Å². The van der Waals surface area contributed by atoms with Gasteiger partial charge in [0.1, 0.15) is 0 Å². The number of ether oxygens (including phenoxy) is 1. The first-order chi connectivity index (χ1) is 3.35. The van der Waals surface area contributed by atoms with Gasteiger partial charge in [-0.3, -0.25) is 0 Å². The van der Waals surface area contributed by atoms with Gasteiger partial charge in [0.2, 0.25) is 0 Å². The molecule has 0 aliphatic rings. The highest BCUT2D eigenvalue weighted by Crippen LogP contribution is 1.77. The van der Waals surface area contributed by atoms with Crippen LogP contribution in [0, 0.1) is 0 Å². The van der Waals surface area contributed by atoms with Gasteiger partial charge in [-0.15, -0.1) is 13.2 Å². The first-order valence-electron chi connectivity index (χ1n) is 2.04. The van der Waals surface area contributed by atoms with Crippen molar-refractivity contribution in [3.63, 3.8) is 0 Å². The molecule has 0 rings (SSSR count). The van der Waals surface area contributed by atoms with Crippen LogP contribution in [0.5, 0.6) is 0 Å². The van der Waals surface area contributed by atoms with E-state index in [9.17, 15) is 10.2 Å². The van der Waals surface area contributed by atoms with E-state index in [2.05, 4.69) is 4.74 Å². The minimum atomic E-state index is -0.625. The molecule has 0 aromatic carbocycles. The smallest absolute Gasteiger partial charge is 0.0357 e. The van der Waals surface area contributed by atoms with Gasteiger partial charge >= 0.3 is 0 Å². The molecule has 7 heavy (non-hydrogen) atoms. The summed E-state index contributed by atoms with van der Waals surface area (Å²) in [5, 5.41) is 19.5. The Balaban J connectivity index is 2.99. The molecule has 0 aromatic heterocycles. The molecule has 3 nitrogen and oxygen atoms in total. The Bertz CT molecular complexity index is 28.4. The second kappa shape index (κ2) is 4.05. The summed E-state index contributed by atoms with van der Waals surface area (Å²) >= 11 is 0. The van der Waals surface area contributed by atoms with Crippen molar-refractivity contribution in [1.82, 2.24) is 0 Å². The molecule has 0 atom stereocenters. The van der Waals surface area contributed by atoms with Crippen molar-refractivity contribution in [2.45, 2.75) is 6.10 Å². The number of methoxy groups -OCH3 is 1. The van der Waals surface area contributed by atoms with Crippen LogP contribution in [0.1, 0.15) is 0 Å². The molecule has 0 N–H and O–H groups in total. The zero-order valence-corrected chi connectivity index (χ0v) is 4.22. The van der Waals surface area contributed by atoms with Crippen LogP contribution in [-0.2, 0) is 4.74 Å². The van der Waals surface area contributed by atoms with Crippen LogP contribution in [0.4, 0.5) is 0 Å². The maximum Gasteiger partial charge on any atom is 0.0357 e. The molecule has 0 unspecified atom stereocenters. The Labute approximate surface area is 42.5 Å². The lowest BCUT2D eigenvalue weighted by Crippen LogP contribution is -2.34. The average molecular weight is 104 g/mol. The van der Waals surface area contributed by atoms with E-state index in [-0.39, 0.29) is 0 Å². The van der Waals surface area contributed by atoms with Crippen molar-refractivity contribution in [2.75, 3.05) is 20.3 Å². The van der Waals surface area contributed by atoms with Crippen LogP contribution in [0.25, 0.3) is 0 Å². The molecule has 0 saturated heterocycles. The molecule has 0 fully saturated rings. The molecule has 0 amide bonds. The maximum atomic E-state index is 9.77. The zero-order valence-electron chi connectivity index (χ0n) is 4.22. The number of hydrogen-bond donors (Lipinski definition) is 0. The lowest BCUT2D eigenvalue weighted by molar-refractivity contribution is -0.430. The summed E-state index contributed by atoms with van der Waals surface area (Å²) < 4.78 is 4.42. The van der Waals surface area contributed by atoms with Gasteiger partial charge in [0.05, 0.1) is 0 Å². The first-order valence-corrected chi connectivity index (χ1v) is 2.04. The van der Waals surface area contributed by atoms with E-state index in [1.807, 2.05) is 0 Å². The molecule has 0 aliphatic heterocycles. The van der Waals surface area contributed by atoms with Gasteiger partial charge in [-0.25, -0.2) is 0 Å². The fraction of sp³-hybridized carbons (Fsp3) is 1.00. The lowest BCUT2D eigenvalue weighted by Gasteiger charge is -2.20. The summed E-state index contributed by atoms with van der Waals surface area (Å²) in [6.07, 6.45) is -0.625. The van der Waals surface area contributed by atoms with Gasteiger partial charge in [-0.1, -0.05) is 0 Å². The second-order valence-corrected chi connectivity index (χ2v) is 1.19. The first kappa shape index (κ1) is 6.88. The molecule has 0 heterocycles. The van der Waals surface area contributed by atoms with Crippen molar-refractivity contribution in [1.29, 1.82) is 0 Å². The molecular weight excluding hydrogens is 96.0 g/mol. The highest BCUT2D eigenvalue weighted by Gasteiger charge is 1.86. The summed E-state index contributed by atoms with van der Waals surface area (Å²) in [5.74, 6) is 0. The minimum absolute atomic E-state index is 0.431. The van der Waals surface area contributed by atoms with Crippen LogP contribution in [0.3, 0.4) is 0 Å². The summed E-state index contributed by atoms with van der Waals surface area (Å²) in [4.78, 5) is 0. The van der Waals surface area contributed by atoms with Crippen molar-refractivity contribution in [3.05, 3.63) is 0 Å². The van der Waals surface area contributed by atoms with Gasteiger partial charge < -0.3 is 14.9 Å². The summed E-state index contributed by atoms with van der Waals surface area (Å²) in [5.41, 5.74) is 0. The normalized spacial score (nSPS) is 10.3. The van der Waals surface area contributed by atoms with E-state index < -0.39 is 19.3 Å². The van der Waals surface area contributed by atoms with Crippen LogP contribution in [0.15, 0.2) is 0 Å². The lowest BCUT2D eigenvalue weighted by atomic mass is 10.4. The van der Waals surface area contributed by atoms with Gasteiger partial charge in [0.25, 0.3) is 0 Å². The Kier molecular flexibility index (Phi) is 3.98. The number of hydrogen-bond acceptors (Lipinski definition) is 3. The van der Waals surface area contributed by atoms with E-state index in [1.54, 1.807) is 0 Å². The number of rotatable bonds is 3. The maximum absolute atomic E-state index is 9.77. The monoisotopic (exact) mass is 104 g/mol. The molecule has 0 bridgehead atoms. The van der Waals surface area contributed by atoms with Crippen molar-refractivity contribution in [2.24, 2.45) is 0 Å². The molecule has 0 aliphatic carbocycles. The SMILES string of the molecule is COC(C[O-])C[O-]. The molecule has 0 spiro atoms. The van der Waals surface area contributed by atoms with E-state index in [1.165, 1.54) is 7.11 Å². The average Bonchev–Trinajstić information content (AvgIpc) is 1.72. The van der Waals surface area contributed by atoms with Crippen LogP contribution in [0.2, 0.25) is 0 Å². The van der Waals surface area contributed by atoms with Gasteiger partial charge in [-0.05, 0) is 0 Å². The Hall–Kier alpha value is -0.120. The quantitative estimate of drug-likeness (QED) is 0.405. The van der Waals surface area contributed by atoms with Crippen molar-refractivity contribution < 1.29 is 14.9 Å². The third-order valence-corrected chi connectivity index (χ3v) is 0.705. The molecular formula is C4H8O3-2. The van der Waals surface area contributed by atoms with Crippen LogP contribution in [-0.4, -0.2) is 26.4 Å². The Morgan fingerprint density at radius 3 is 1.86 bits per heavy atom. The highest BCUT2D eigenvalue weighted by atomic mass is 16.5. The van der Waals surface area contributed by atoms with E-state index in [0.29, 0.717) is 0 Å². The topological polar surface area (TPSA) is 55.3 Å². The predicted molar refractivity (Wildman–Crippen MR) is 20.5 cm³/mol.